The molecule has 0 saturated heterocycles. The monoisotopic (exact) mass is 312 g/mol. The van der Waals surface area contributed by atoms with Gasteiger partial charge in [0.2, 0.25) is 0 Å². The van der Waals surface area contributed by atoms with E-state index in [4.69, 9.17) is 10.00 Å². The number of H-pyrrole nitrogens is 1. The first-order chi connectivity index (χ1) is 10.7. The van der Waals surface area contributed by atoms with E-state index in [0.717, 1.165) is 11.0 Å². The zero-order valence-electron chi connectivity index (χ0n) is 11.7. The maximum atomic E-state index is 11.6. The third kappa shape index (κ3) is 2.69. The molecule has 0 aliphatic heterocycles. The molecule has 0 saturated carbocycles. The first-order valence-electron chi connectivity index (χ1n) is 6.46. The molecule has 3 aromatic rings. The standard InChI is InChI=1S/C15H12N4O2S/c1-22(20)10-2-3-11(14(8-10)21-7-5-16)15-18-12-4-6-17-9-13(12)19-15/h2-4,6,8-9H,7H2,1H3,(H,18,19). The third-order valence-corrected chi connectivity index (χ3v) is 4.03. The Kier molecular flexibility index (Phi) is 3.85. The summed E-state index contributed by atoms with van der Waals surface area (Å²) in [5.41, 5.74) is 2.31. The van der Waals surface area contributed by atoms with Gasteiger partial charge in [0.25, 0.3) is 0 Å². The maximum absolute atomic E-state index is 11.6. The van der Waals surface area contributed by atoms with Gasteiger partial charge in [0.05, 0.1) is 22.8 Å². The Hall–Kier alpha value is -2.72. The van der Waals surface area contributed by atoms with Crippen LogP contribution in [0.25, 0.3) is 22.4 Å². The van der Waals surface area contributed by atoms with Crippen molar-refractivity contribution in [1.82, 2.24) is 15.0 Å². The fourth-order valence-electron chi connectivity index (χ4n) is 2.09. The molecule has 0 radical (unpaired) electrons. The minimum Gasteiger partial charge on any atom is -0.478 e. The van der Waals surface area contributed by atoms with E-state index in [2.05, 4.69) is 15.0 Å². The first-order valence-corrected chi connectivity index (χ1v) is 8.02. The summed E-state index contributed by atoms with van der Waals surface area (Å²) in [4.78, 5) is 12.3. The zero-order chi connectivity index (χ0) is 15.5. The lowest BCUT2D eigenvalue weighted by molar-refractivity contribution is 0.368. The molecule has 2 heterocycles. The molecule has 22 heavy (non-hydrogen) atoms. The van der Waals surface area contributed by atoms with Gasteiger partial charge in [-0.1, -0.05) is 0 Å². The number of aromatic amines is 1. The third-order valence-electron chi connectivity index (χ3n) is 3.12. The number of nitrogens with zero attached hydrogens (tertiary/aromatic N) is 3. The van der Waals surface area contributed by atoms with Crippen molar-refractivity contribution in [2.45, 2.75) is 4.90 Å². The molecule has 1 N–H and O–H groups in total. The van der Waals surface area contributed by atoms with Crippen LogP contribution in [-0.4, -0.2) is 32.0 Å². The molecule has 7 heteroatoms. The van der Waals surface area contributed by atoms with Crippen LogP contribution in [0, 0.1) is 11.3 Å². The van der Waals surface area contributed by atoms with Gasteiger partial charge in [0.15, 0.2) is 6.61 Å². The molecular formula is C15H12N4O2S. The predicted molar refractivity (Wildman–Crippen MR) is 82.8 cm³/mol. The van der Waals surface area contributed by atoms with Crippen molar-refractivity contribution >= 4 is 21.8 Å². The molecule has 110 valence electrons. The lowest BCUT2D eigenvalue weighted by Crippen LogP contribution is -1.98. The lowest BCUT2D eigenvalue weighted by Gasteiger charge is -2.09. The average Bonchev–Trinajstić information content (AvgIpc) is 2.96. The quantitative estimate of drug-likeness (QED) is 0.798. The Morgan fingerprint density at radius 3 is 3.00 bits per heavy atom. The van der Waals surface area contributed by atoms with Gasteiger partial charge in [0, 0.05) is 28.1 Å². The smallest absolute Gasteiger partial charge is 0.174 e. The SMILES string of the molecule is CS(=O)c1ccc(-c2nc3ccncc3[nH]2)c(OCC#N)c1. The van der Waals surface area contributed by atoms with Crippen LogP contribution in [-0.2, 0) is 10.8 Å². The molecule has 0 aliphatic carbocycles. The van der Waals surface area contributed by atoms with Crippen LogP contribution in [0.1, 0.15) is 0 Å². The minimum absolute atomic E-state index is 0.0887. The van der Waals surface area contributed by atoms with E-state index >= 15 is 0 Å². The number of imidazole rings is 1. The summed E-state index contributed by atoms with van der Waals surface area (Å²) in [7, 11) is -1.13. The lowest BCUT2D eigenvalue weighted by atomic mass is 10.2. The molecule has 0 bridgehead atoms. The Bertz CT molecular complexity index is 865. The second-order valence-corrected chi connectivity index (χ2v) is 5.92. The predicted octanol–water partition coefficient (Wildman–Crippen LogP) is 2.26. The first kappa shape index (κ1) is 14.2. The maximum Gasteiger partial charge on any atom is 0.174 e. The molecule has 3 rings (SSSR count). The summed E-state index contributed by atoms with van der Waals surface area (Å²) in [5, 5.41) is 8.72. The molecule has 1 aromatic carbocycles. The van der Waals surface area contributed by atoms with Crippen LogP contribution in [0.15, 0.2) is 41.6 Å². The Morgan fingerprint density at radius 2 is 2.27 bits per heavy atom. The van der Waals surface area contributed by atoms with Crippen LogP contribution in [0.5, 0.6) is 5.75 Å². The number of hydrogen-bond acceptors (Lipinski definition) is 5. The Balaban J connectivity index is 2.11. The Labute approximate surface area is 129 Å². The summed E-state index contributed by atoms with van der Waals surface area (Å²) in [6.07, 6.45) is 4.95. The van der Waals surface area contributed by atoms with Crippen molar-refractivity contribution in [3.05, 3.63) is 36.7 Å². The normalized spacial score (nSPS) is 12.0. The summed E-state index contributed by atoms with van der Waals surface area (Å²) in [6.45, 7) is -0.0887. The van der Waals surface area contributed by atoms with E-state index in [1.54, 1.807) is 42.9 Å². The topological polar surface area (TPSA) is 91.7 Å². The number of benzene rings is 1. The molecule has 1 unspecified atom stereocenters. The van der Waals surface area contributed by atoms with E-state index in [9.17, 15) is 4.21 Å². The minimum atomic E-state index is -1.13. The van der Waals surface area contributed by atoms with E-state index in [-0.39, 0.29) is 6.61 Å². The molecule has 0 aliphatic rings. The van der Waals surface area contributed by atoms with Crippen LogP contribution >= 0.6 is 0 Å². The number of hydrogen-bond donors (Lipinski definition) is 1. The van der Waals surface area contributed by atoms with E-state index in [1.807, 2.05) is 6.07 Å². The fraction of sp³-hybridized carbons (Fsp3) is 0.133. The number of pyridine rings is 1. The van der Waals surface area contributed by atoms with E-state index < -0.39 is 10.8 Å². The van der Waals surface area contributed by atoms with Gasteiger partial charge in [-0.15, -0.1) is 0 Å². The molecule has 0 spiro atoms. The molecule has 1 atom stereocenters. The number of fused-ring (bicyclic) bond motifs is 1. The highest BCUT2D eigenvalue weighted by molar-refractivity contribution is 7.84. The van der Waals surface area contributed by atoms with Crippen LogP contribution in [0.3, 0.4) is 0 Å². The summed E-state index contributed by atoms with van der Waals surface area (Å²) in [6, 6.07) is 8.96. The van der Waals surface area contributed by atoms with Gasteiger partial charge in [0.1, 0.15) is 17.6 Å². The second-order valence-electron chi connectivity index (χ2n) is 4.54. The number of nitrogens with one attached hydrogen (secondary N) is 1. The van der Waals surface area contributed by atoms with Crippen molar-refractivity contribution in [1.29, 1.82) is 5.26 Å². The molecule has 0 amide bonds. The van der Waals surface area contributed by atoms with Gasteiger partial charge in [-0.05, 0) is 24.3 Å². The molecule has 6 nitrogen and oxygen atoms in total. The second kappa shape index (κ2) is 5.95. The van der Waals surface area contributed by atoms with Gasteiger partial charge in [-0.3, -0.25) is 9.19 Å². The highest BCUT2D eigenvalue weighted by Gasteiger charge is 2.13. The summed E-state index contributed by atoms with van der Waals surface area (Å²) >= 11 is 0. The van der Waals surface area contributed by atoms with Gasteiger partial charge in [-0.2, -0.15) is 5.26 Å². The fourth-order valence-corrected chi connectivity index (χ4v) is 2.62. The van der Waals surface area contributed by atoms with Crippen molar-refractivity contribution in [2.75, 3.05) is 12.9 Å². The van der Waals surface area contributed by atoms with Crippen molar-refractivity contribution in [2.24, 2.45) is 0 Å². The van der Waals surface area contributed by atoms with E-state index in [0.29, 0.717) is 22.0 Å². The Morgan fingerprint density at radius 1 is 1.41 bits per heavy atom. The number of nitriles is 1. The average molecular weight is 312 g/mol. The van der Waals surface area contributed by atoms with Gasteiger partial charge >= 0.3 is 0 Å². The number of ether oxygens (including phenoxy) is 1. The van der Waals surface area contributed by atoms with Crippen molar-refractivity contribution < 1.29 is 8.95 Å². The summed E-state index contributed by atoms with van der Waals surface area (Å²) < 4.78 is 17.1. The number of aromatic nitrogens is 3. The molecule has 0 fully saturated rings. The highest BCUT2D eigenvalue weighted by atomic mass is 32.2. The zero-order valence-corrected chi connectivity index (χ0v) is 12.6. The van der Waals surface area contributed by atoms with Gasteiger partial charge < -0.3 is 9.72 Å². The van der Waals surface area contributed by atoms with Crippen LogP contribution < -0.4 is 4.74 Å². The summed E-state index contributed by atoms with van der Waals surface area (Å²) in [5.74, 6) is 1.09. The highest BCUT2D eigenvalue weighted by Crippen LogP contribution is 2.31. The van der Waals surface area contributed by atoms with Crippen LogP contribution in [0.2, 0.25) is 0 Å². The largest absolute Gasteiger partial charge is 0.478 e. The molecule has 2 aromatic heterocycles. The number of rotatable bonds is 4. The molecular weight excluding hydrogens is 300 g/mol. The van der Waals surface area contributed by atoms with Crippen molar-refractivity contribution in [3.63, 3.8) is 0 Å². The van der Waals surface area contributed by atoms with Gasteiger partial charge in [-0.25, -0.2) is 4.98 Å². The van der Waals surface area contributed by atoms with E-state index in [1.165, 1.54) is 0 Å². The van der Waals surface area contributed by atoms with Crippen molar-refractivity contribution in [3.8, 4) is 23.2 Å². The van der Waals surface area contributed by atoms with Crippen LogP contribution in [0.4, 0.5) is 0 Å².